The minimum Gasteiger partial charge on any atom is -0.469 e. The zero-order valence-electron chi connectivity index (χ0n) is 11.6. The average molecular weight is 295 g/mol. The fourth-order valence-corrected chi connectivity index (χ4v) is 2.53. The lowest BCUT2D eigenvalue weighted by atomic mass is 10.2. The topological polar surface area (TPSA) is 54.6 Å². The fraction of sp³-hybridized carbons (Fsp3) is 0.467. The van der Waals surface area contributed by atoms with E-state index in [2.05, 4.69) is 12.2 Å². The maximum atomic E-state index is 9.85. The quantitative estimate of drug-likeness (QED) is 0.746. The first kappa shape index (κ1) is 15.3. The summed E-state index contributed by atoms with van der Waals surface area (Å²) in [5.74, 6) is 0.952. The second-order valence-corrected chi connectivity index (χ2v) is 5.87. The molecule has 20 heavy (non-hydrogen) atoms. The number of rotatable bonds is 9. The van der Waals surface area contributed by atoms with Crippen LogP contribution in [0.4, 0.5) is 0 Å². The lowest BCUT2D eigenvalue weighted by Gasteiger charge is -2.16. The van der Waals surface area contributed by atoms with Gasteiger partial charge in [0.2, 0.25) is 0 Å². The van der Waals surface area contributed by atoms with Crippen molar-refractivity contribution in [2.45, 2.75) is 32.1 Å². The first-order valence-electron chi connectivity index (χ1n) is 6.78. The van der Waals surface area contributed by atoms with Gasteiger partial charge in [0.25, 0.3) is 0 Å². The molecule has 0 saturated heterocycles. The Labute approximate surface area is 123 Å². The molecule has 5 heteroatoms. The van der Waals surface area contributed by atoms with E-state index < -0.39 is 6.10 Å². The zero-order valence-corrected chi connectivity index (χ0v) is 12.4. The smallest absolute Gasteiger partial charge is 0.105 e. The van der Waals surface area contributed by atoms with Crippen LogP contribution < -0.4 is 5.32 Å². The van der Waals surface area contributed by atoms with Crippen molar-refractivity contribution >= 4 is 11.3 Å². The Kier molecular flexibility index (Phi) is 6.26. The van der Waals surface area contributed by atoms with Gasteiger partial charge in [0.1, 0.15) is 5.76 Å². The SMILES string of the molecule is CC(Cc1ccco1)NCC(O)COCc1cccs1. The highest BCUT2D eigenvalue weighted by Crippen LogP contribution is 2.09. The number of aliphatic hydroxyl groups is 1. The van der Waals surface area contributed by atoms with Crippen molar-refractivity contribution in [3.8, 4) is 0 Å². The third-order valence-corrected chi connectivity index (χ3v) is 3.77. The molecule has 0 aliphatic heterocycles. The number of hydrogen-bond acceptors (Lipinski definition) is 5. The zero-order chi connectivity index (χ0) is 14.2. The van der Waals surface area contributed by atoms with Crippen LogP contribution in [0.3, 0.4) is 0 Å². The van der Waals surface area contributed by atoms with E-state index in [4.69, 9.17) is 9.15 Å². The Balaban J connectivity index is 1.56. The lowest BCUT2D eigenvalue weighted by Crippen LogP contribution is -2.36. The largest absolute Gasteiger partial charge is 0.469 e. The third kappa shape index (κ3) is 5.46. The third-order valence-electron chi connectivity index (χ3n) is 2.92. The van der Waals surface area contributed by atoms with Crippen LogP contribution in [-0.4, -0.2) is 30.4 Å². The second kappa shape index (κ2) is 8.21. The van der Waals surface area contributed by atoms with E-state index in [1.807, 2.05) is 29.6 Å². The van der Waals surface area contributed by atoms with Gasteiger partial charge in [0, 0.05) is 23.9 Å². The molecule has 2 N–H and O–H groups in total. The number of ether oxygens (including phenoxy) is 1. The molecule has 0 radical (unpaired) electrons. The van der Waals surface area contributed by atoms with E-state index in [0.717, 1.165) is 12.2 Å². The fourth-order valence-electron chi connectivity index (χ4n) is 1.89. The molecule has 2 unspecified atom stereocenters. The minimum atomic E-state index is -0.492. The molecule has 2 atom stereocenters. The standard InChI is InChI=1S/C15H21NO3S/c1-12(8-14-4-2-6-19-14)16-9-13(17)10-18-11-15-5-3-7-20-15/h2-7,12-13,16-17H,8-11H2,1H3. The highest BCUT2D eigenvalue weighted by atomic mass is 32.1. The molecule has 0 amide bonds. The maximum Gasteiger partial charge on any atom is 0.105 e. The lowest BCUT2D eigenvalue weighted by molar-refractivity contribution is 0.0288. The van der Waals surface area contributed by atoms with Gasteiger partial charge in [0.15, 0.2) is 0 Å². The van der Waals surface area contributed by atoms with Gasteiger partial charge < -0.3 is 19.6 Å². The van der Waals surface area contributed by atoms with Crippen LogP contribution in [-0.2, 0) is 17.8 Å². The molecule has 0 fully saturated rings. The summed E-state index contributed by atoms with van der Waals surface area (Å²) in [6.07, 6.45) is 2.00. The molecule has 4 nitrogen and oxygen atoms in total. The number of nitrogens with one attached hydrogen (secondary N) is 1. The second-order valence-electron chi connectivity index (χ2n) is 4.84. The van der Waals surface area contributed by atoms with Gasteiger partial charge in [-0.1, -0.05) is 6.07 Å². The Bertz CT molecular complexity index is 455. The molecule has 0 aliphatic rings. The normalized spacial score (nSPS) is 14.3. The number of thiophene rings is 1. The highest BCUT2D eigenvalue weighted by molar-refractivity contribution is 7.09. The predicted molar refractivity (Wildman–Crippen MR) is 79.9 cm³/mol. The molecule has 0 spiro atoms. The summed E-state index contributed by atoms with van der Waals surface area (Å²) in [6, 6.07) is 8.13. The minimum absolute atomic E-state index is 0.257. The van der Waals surface area contributed by atoms with E-state index in [1.54, 1.807) is 17.6 Å². The van der Waals surface area contributed by atoms with Gasteiger partial charge in [-0.2, -0.15) is 0 Å². The van der Waals surface area contributed by atoms with Crippen molar-refractivity contribution < 1.29 is 14.3 Å². The molecule has 2 aromatic rings. The van der Waals surface area contributed by atoms with Crippen molar-refractivity contribution in [3.63, 3.8) is 0 Å². The van der Waals surface area contributed by atoms with Crippen molar-refractivity contribution in [3.05, 3.63) is 46.5 Å². The highest BCUT2D eigenvalue weighted by Gasteiger charge is 2.09. The van der Waals surface area contributed by atoms with E-state index in [-0.39, 0.29) is 6.04 Å². The van der Waals surface area contributed by atoms with Crippen LogP contribution in [0.2, 0.25) is 0 Å². The van der Waals surface area contributed by atoms with Crippen molar-refractivity contribution in [1.29, 1.82) is 0 Å². The summed E-state index contributed by atoms with van der Waals surface area (Å²) in [4.78, 5) is 1.18. The van der Waals surface area contributed by atoms with E-state index >= 15 is 0 Å². The predicted octanol–water partition coefficient (Wildman–Crippen LogP) is 2.44. The number of hydrogen-bond donors (Lipinski definition) is 2. The van der Waals surface area contributed by atoms with Gasteiger partial charge in [-0.3, -0.25) is 0 Å². The van der Waals surface area contributed by atoms with Gasteiger partial charge >= 0.3 is 0 Å². The molecule has 2 rings (SSSR count). The molecular weight excluding hydrogens is 274 g/mol. The molecule has 2 heterocycles. The molecule has 2 aromatic heterocycles. The molecule has 0 aliphatic carbocycles. The van der Waals surface area contributed by atoms with Crippen LogP contribution in [0.5, 0.6) is 0 Å². The summed E-state index contributed by atoms with van der Waals surface area (Å²) in [5.41, 5.74) is 0. The van der Waals surface area contributed by atoms with Gasteiger partial charge in [-0.25, -0.2) is 0 Å². The summed E-state index contributed by atoms with van der Waals surface area (Å²) in [7, 11) is 0. The Morgan fingerprint density at radius 3 is 3.00 bits per heavy atom. The van der Waals surface area contributed by atoms with E-state index in [9.17, 15) is 5.11 Å². The van der Waals surface area contributed by atoms with Crippen LogP contribution in [0.25, 0.3) is 0 Å². The van der Waals surface area contributed by atoms with Crippen molar-refractivity contribution in [1.82, 2.24) is 5.32 Å². The van der Waals surface area contributed by atoms with Crippen molar-refractivity contribution in [2.75, 3.05) is 13.2 Å². The van der Waals surface area contributed by atoms with Gasteiger partial charge in [-0.15, -0.1) is 11.3 Å². The van der Waals surface area contributed by atoms with Crippen LogP contribution in [0.15, 0.2) is 40.3 Å². The molecule has 0 saturated carbocycles. The number of furan rings is 1. The number of aliphatic hydroxyl groups excluding tert-OH is 1. The van der Waals surface area contributed by atoms with Gasteiger partial charge in [0.05, 0.1) is 25.6 Å². The van der Waals surface area contributed by atoms with E-state index in [1.165, 1.54) is 4.88 Å². The Hall–Kier alpha value is -1.14. The van der Waals surface area contributed by atoms with E-state index in [0.29, 0.717) is 19.8 Å². The summed E-state index contributed by atoms with van der Waals surface area (Å²) >= 11 is 1.66. The maximum absolute atomic E-state index is 9.85. The van der Waals surface area contributed by atoms with Crippen LogP contribution >= 0.6 is 11.3 Å². The Morgan fingerprint density at radius 1 is 1.40 bits per heavy atom. The molecule has 0 aromatic carbocycles. The first-order valence-corrected chi connectivity index (χ1v) is 7.66. The monoisotopic (exact) mass is 295 g/mol. The van der Waals surface area contributed by atoms with Crippen LogP contribution in [0.1, 0.15) is 17.6 Å². The first-order chi connectivity index (χ1) is 9.74. The molecule has 0 bridgehead atoms. The molecule has 110 valence electrons. The average Bonchev–Trinajstić information content (AvgIpc) is 3.09. The summed E-state index contributed by atoms with van der Waals surface area (Å²) in [5, 5.41) is 15.1. The van der Waals surface area contributed by atoms with Crippen molar-refractivity contribution in [2.24, 2.45) is 0 Å². The summed E-state index contributed by atoms with van der Waals surface area (Å²) < 4.78 is 10.8. The Morgan fingerprint density at radius 2 is 2.30 bits per heavy atom. The summed E-state index contributed by atoms with van der Waals surface area (Å²) in [6.45, 7) is 3.50. The van der Waals surface area contributed by atoms with Gasteiger partial charge in [-0.05, 0) is 30.5 Å². The van der Waals surface area contributed by atoms with Crippen LogP contribution in [0, 0.1) is 0 Å². The molecular formula is C15H21NO3S.